The number of hydrogen-bond acceptors (Lipinski definition) is 1. The van der Waals surface area contributed by atoms with Crippen molar-refractivity contribution in [1.29, 1.82) is 0 Å². The maximum Gasteiger partial charge on any atom is 0.244 e. The summed E-state index contributed by atoms with van der Waals surface area (Å²) in [5.74, 6) is 2.15. The predicted octanol–water partition coefficient (Wildman–Crippen LogP) is 0.312. The molecule has 0 aromatic rings. The zero-order valence-corrected chi connectivity index (χ0v) is 5.35. The molecule has 0 aliphatic carbocycles. The van der Waals surface area contributed by atoms with E-state index < -0.39 is 0 Å². The molecule has 0 saturated carbocycles. The predicted molar refractivity (Wildman–Crippen MR) is 36.7 cm³/mol. The molecule has 0 spiro atoms. The number of amides is 1. The highest BCUT2D eigenvalue weighted by atomic mass is 16.1. The van der Waals surface area contributed by atoms with Crippen LogP contribution >= 0.6 is 0 Å². The molecule has 2 nitrogen and oxygen atoms in total. The van der Waals surface area contributed by atoms with E-state index in [9.17, 15) is 4.79 Å². The van der Waals surface area contributed by atoms with Gasteiger partial charge in [-0.05, 0) is 13.0 Å². The maximum absolute atomic E-state index is 10.5. The average molecular weight is 123 g/mol. The number of carbonyl (C=O) groups is 1. The second-order valence-corrected chi connectivity index (χ2v) is 1.42. The fourth-order valence-electron chi connectivity index (χ4n) is 0.348. The van der Waals surface area contributed by atoms with E-state index in [0.717, 1.165) is 0 Å². The molecular weight excluding hydrogens is 114 g/mol. The molecule has 48 valence electrons. The van der Waals surface area contributed by atoms with Crippen molar-refractivity contribution in [2.24, 2.45) is 0 Å². The SMILES string of the molecule is C#CCNC(=O)/C=C/C. The van der Waals surface area contributed by atoms with Crippen LogP contribution in [0.3, 0.4) is 0 Å². The van der Waals surface area contributed by atoms with E-state index in [1.165, 1.54) is 6.08 Å². The molecule has 0 rings (SSSR count). The van der Waals surface area contributed by atoms with E-state index in [4.69, 9.17) is 6.42 Å². The lowest BCUT2D eigenvalue weighted by Crippen LogP contribution is -2.20. The van der Waals surface area contributed by atoms with Crippen molar-refractivity contribution in [1.82, 2.24) is 5.32 Å². The third kappa shape index (κ3) is 4.63. The summed E-state index contributed by atoms with van der Waals surface area (Å²) in [5, 5.41) is 2.47. The first-order valence-electron chi connectivity index (χ1n) is 2.65. The Hall–Kier alpha value is -1.23. The standard InChI is InChI=1S/C7H9NO/c1-3-5-7(9)8-6-4-2/h2-3,5H,6H2,1H3,(H,8,9)/b5-3+. The Morgan fingerprint density at radius 1 is 1.89 bits per heavy atom. The number of carbonyl (C=O) groups excluding carboxylic acids is 1. The summed E-state index contributed by atoms with van der Waals surface area (Å²) in [6, 6.07) is 0. The highest BCUT2D eigenvalue weighted by Crippen LogP contribution is 1.69. The first kappa shape index (κ1) is 7.77. The first-order chi connectivity index (χ1) is 4.31. The molecule has 0 fully saturated rings. The molecule has 9 heavy (non-hydrogen) atoms. The van der Waals surface area contributed by atoms with Gasteiger partial charge in [0.15, 0.2) is 0 Å². The van der Waals surface area contributed by atoms with Gasteiger partial charge in [-0.15, -0.1) is 6.42 Å². The van der Waals surface area contributed by atoms with Crippen molar-refractivity contribution in [3.05, 3.63) is 12.2 Å². The normalized spacial score (nSPS) is 8.89. The second kappa shape index (κ2) is 4.92. The number of terminal acetylenes is 1. The Morgan fingerprint density at radius 2 is 2.56 bits per heavy atom. The summed E-state index contributed by atoms with van der Waals surface area (Å²) < 4.78 is 0. The van der Waals surface area contributed by atoms with E-state index in [0.29, 0.717) is 6.54 Å². The minimum Gasteiger partial charge on any atom is -0.342 e. The van der Waals surface area contributed by atoms with Crippen LogP contribution in [0.15, 0.2) is 12.2 Å². The van der Waals surface area contributed by atoms with Crippen molar-refractivity contribution in [3.8, 4) is 12.3 Å². The third-order valence-corrected chi connectivity index (χ3v) is 0.683. The summed E-state index contributed by atoms with van der Waals surface area (Å²) in [6.45, 7) is 2.07. The van der Waals surface area contributed by atoms with Crippen LogP contribution in [0.1, 0.15) is 6.92 Å². The zero-order chi connectivity index (χ0) is 7.11. The summed E-state index contributed by atoms with van der Waals surface area (Å²) in [5.41, 5.74) is 0. The van der Waals surface area contributed by atoms with Gasteiger partial charge in [0.05, 0.1) is 6.54 Å². The maximum atomic E-state index is 10.5. The van der Waals surface area contributed by atoms with Crippen molar-refractivity contribution < 1.29 is 4.79 Å². The van der Waals surface area contributed by atoms with E-state index in [2.05, 4.69) is 11.2 Å². The summed E-state index contributed by atoms with van der Waals surface area (Å²) in [7, 11) is 0. The molecule has 0 aliphatic rings. The highest BCUT2D eigenvalue weighted by Gasteiger charge is 1.87. The lowest BCUT2D eigenvalue weighted by Gasteiger charge is -1.91. The Bertz CT molecular complexity index is 153. The van der Waals surface area contributed by atoms with Crippen molar-refractivity contribution in [3.63, 3.8) is 0 Å². The molecule has 1 N–H and O–H groups in total. The topological polar surface area (TPSA) is 29.1 Å². The lowest BCUT2D eigenvalue weighted by atomic mass is 10.5. The monoisotopic (exact) mass is 123 g/mol. The molecule has 0 radical (unpaired) electrons. The van der Waals surface area contributed by atoms with Crippen molar-refractivity contribution >= 4 is 5.91 Å². The fourth-order valence-corrected chi connectivity index (χ4v) is 0.348. The van der Waals surface area contributed by atoms with E-state index >= 15 is 0 Å². The van der Waals surface area contributed by atoms with Gasteiger partial charge in [-0.2, -0.15) is 0 Å². The van der Waals surface area contributed by atoms with Gasteiger partial charge in [0.25, 0.3) is 0 Å². The van der Waals surface area contributed by atoms with Gasteiger partial charge >= 0.3 is 0 Å². The molecular formula is C7H9NO. The van der Waals surface area contributed by atoms with Crippen LogP contribution in [0.4, 0.5) is 0 Å². The number of hydrogen-bond donors (Lipinski definition) is 1. The molecule has 0 aromatic carbocycles. The second-order valence-electron chi connectivity index (χ2n) is 1.42. The molecule has 0 aromatic heterocycles. The van der Waals surface area contributed by atoms with Crippen LogP contribution in [-0.4, -0.2) is 12.5 Å². The van der Waals surface area contributed by atoms with Crippen LogP contribution in [-0.2, 0) is 4.79 Å². The summed E-state index contributed by atoms with van der Waals surface area (Å²) >= 11 is 0. The minimum atomic E-state index is -0.143. The van der Waals surface area contributed by atoms with Crippen LogP contribution in [0, 0.1) is 12.3 Å². The fraction of sp³-hybridized carbons (Fsp3) is 0.286. The first-order valence-corrected chi connectivity index (χ1v) is 2.65. The Morgan fingerprint density at radius 3 is 3.00 bits per heavy atom. The van der Waals surface area contributed by atoms with Crippen LogP contribution in [0.25, 0.3) is 0 Å². The number of allylic oxidation sites excluding steroid dienone is 1. The van der Waals surface area contributed by atoms with Gasteiger partial charge in [0.1, 0.15) is 0 Å². The molecule has 0 atom stereocenters. The van der Waals surface area contributed by atoms with E-state index in [-0.39, 0.29) is 5.91 Å². The van der Waals surface area contributed by atoms with Crippen molar-refractivity contribution in [2.45, 2.75) is 6.92 Å². The molecule has 0 aliphatic heterocycles. The molecule has 0 heterocycles. The quantitative estimate of drug-likeness (QED) is 0.415. The number of rotatable bonds is 2. The molecule has 1 amide bonds. The smallest absolute Gasteiger partial charge is 0.244 e. The van der Waals surface area contributed by atoms with Crippen LogP contribution in [0.2, 0.25) is 0 Å². The number of nitrogens with one attached hydrogen (secondary N) is 1. The van der Waals surface area contributed by atoms with Gasteiger partial charge in [0, 0.05) is 0 Å². The molecule has 0 saturated heterocycles. The largest absolute Gasteiger partial charge is 0.342 e. The lowest BCUT2D eigenvalue weighted by molar-refractivity contribution is -0.116. The van der Waals surface area contributed by atoms with Gasteiger partial charge in [-0.1, -0.05) is 12.0 Å². The van der Waals surface area contributed by atoms with Crippen LogP contribution < -0.4 is 5.32 Å². The van der Waals surface area contributed by atoms with Gasteiger partial charge in [-0.3, -0.25) is 4.79 Å². The Kier molecular flexibility index (Phi) is 4.25. The molecule has 0 bridgehead atoms. The van der Waals surface area contributed by atoms with Crippen LogP contribution in [0.5, 0.6) is 0 Å². The van der Waals surface area contributed by atoms with Crippen molar-refractivity contribution in [2.75, 3.05) is 6.54 Å². The zero-order valence-electron chi connectivity index (χ0n) is 5.35. The average Bonchev–Trinajstić information content (AvgIpc) is 1.85. The van der Waals surface area contributed by atoms with E-state index in [1.54, 1.807) is 13.0 Å². The highest BCUT2D eigenvalue weighted by molar-refractivity contribution is 5.87. The minimum absolute atomic E-state index is 0.143. The molecule has 0 unspecified atom stereocenters. The van der Waals surface area contributed by atoms with Gasteiger partial charge < -0.3 is 5.32 Å². The molecule has 2 heteroatoms. The Labute approximate surface area is 54.9 Å². The Balaban J connectivity index is 3.42. The van der Waals surface area contributed by atoms with E-state index in [1.807, 2.05) is 0 Å². The van der Waals surface area contributed by atoms with Gasteiger partial charge in [-0.25, -0.2) is 0 Å². The third-order valence-electron chi connectivity index (χ3n) is 0.683. The van der Waals surface area contributed by atoms with Gasteiger partial charge in [0.2, 0.25) is 5.91 Å². The summed E-state index contributed by atoms with van der Waals surface area (Å²) in [6.07, 6.45) is 7.97. The summed E-state index contributed by atoms with van der Waals surface area (Å²) in [4.78, 5) is 10.5.